The number of aryl methyl sites for hydroxylation is 1. The predicted molar refractivity (Wildman–Crippen MR) is 98.3 cm³/mol. The minimum absolute atomic E-state index is 0.527. The van der Waals surface area contributed by atoms with Gasteiger partial charge in [-0.15, -0.1) is 0 Å². The summed E-state index contributed by atoms with van der Waals surface area (Å²) in [6.07, 6.45) is 3.90. The average Bonchev–Trinajstić information content (AvgIpc) is 2.99. The number of nitrogens with one attached hydrogen (secondary N) is 1. The number of methoxy groups -OCH3 is 1. The number of nitrogens with zero attached hydrogens (tertiary/aromatic N) is 2. The number of benzene rings is 2. The molecule has 1 unspecified atom stereocenters. The second-order valence-corrected chi connectivity index (χ2v) is 6.33. The van der Waals surface area contributed by atoms with Crippen LogP contribution in [0.15, 0.2) is 48.8 Å². The minimum atomic E-state index is 0.527. The van der Waals surface area contributed by atoms with E-state index in [2.05, 4.69) is 58.2 Å². The van der Waals surface area contributed by atoms with Crippen molar-refractivity contribution in [2.45, 2.75) is 26.9 Å². The van der Waals surface area contributed by atoms with Crippen LogP contribution in [-0.2, 0) is 13.1 Å². The van der Waals surface area contributed by atoms with E-state index in [0.717, 1.165) is 31.2 Å². The maximum absolute atomic E-state index is 5.56. The fourth-order valence-corrected chi connectivity index (χ4v) is 3.13. The Kier molecular flexibility index (Phi) is 5.16. The summed E-state index contributed by atoms with van der Waals surface area (Å²) in [7, 11) is 1.73. The maximum atomic E-state index is 5.56. The highest BCUT2D eigenvalue weighted by Gasteiger charge is 2.09. The van der Waals surface area contributed by atoms with Crippen LogP contribution in [0.3, 0.4) is 0 Å². The van der Waals surface area contributed by atoms with Gasteiger partial charge in [-0.05, 0) is 36.2 Å². The molecule has 1 heterocycles. The Labute approximate surface area is 143 Å². The fraction of sp³-hybridized carbons (Fsp3) is 0.350. The van der Waals surface area contributed by atoms with Crippen molar-refractivity contribution in [2.24, 2.45) is 5.92 Å². The molecule has 0 aliphatic carbocycles. The lowest BCUT2D eigenvalue weighted by Gasteiger charge is -2.16. The van der Waals surface area contributed by atoms with E-state index in [4.69, 9.17) is 4.74 Å². The quantitative estimate of drug-likeness (QED) is 0.719. The van der Waals surface area contributed by atoms with E-state index < -0.39 is 0 Å². The number of fused-ring (bicyclic) bond motifs is 1. The Morgan fingerprint density at radius 2 is 2.04 bits per heavy atom. The van der Waals surface area contributed by atoms with Crippen molar-refractivity contribution in [3.05, 3.63) is 60.2 Å². The van der Waals surface area contributed by atoms with Crippen molar-refractivity contribution in [3.8, 4) is 5.75 Å². The SMILES string of the molecule is COc1ccc2ccccc2c1CNCC(C)Cn1ccnc1C. The van der Waals surface area contributed by atoms with Gasteiger partial charge < -0.3 is 14.6 Å². The lowest BCUT2D eigenvalue weighted by molar-refractivity contribution is 0.404. The molecule has 24 heavy (non-hydrogen) atoms. The van der Waals surface area contributed by atoms with E-state index in [1.807, 2.05) is 19.3 Å². The molecule has 4 nitrogen and oxygen atoms in total. The van der Waals surface area contributed by atoms with Gasteiger partial charge in [0.05, 0.1) is 7.11 Å². The molecule has 0 saturated heterocycles. The van der Waals surface area contributed by atoms with Crippen molar-refractivity contribution in [3.63, 3.8) is 0 Å². The van der Waals surface area contributed by atoms with Crippen LogP contribution in [-0.4, -0.2) is 23.2 Å². The topological polar surface area (TPSA) is 39.1 Å². The molecule has 2 aromatic carbocycles. The second kappa shape index (κ2) is 7.49. The van der Waals surface area contributed by atoms with E-state index in [1.165, 1.54) is 16.3 Å². The summed E-state index contributed by atoms with van der Waals surface area (Å²) in [5.74, 6) is 2.54. The van der Waals surface area contributed by atoms with Gasteiger partial charge in [0.1, 0.15) is 11.6 Å². The number of ether oxygens (including phenoxy) is 1. The molecule has 0 aliphatic heterocycles. The van der Waals surface area contributed by atoms with Gasteiger partial charge in [-0.2, -0.15) is 0 Å². The zero-order valence-corrected chi connectivity index (χ0v) is 14.6. The van der Waals surface area contributed by atoms with Crippen molar-refractivity contribution in [1.82, 2.24) is 14.9 Å². The number of hydrogen-bond donors (Lipinski definition) is 1. The van der Waals surface area contributed by atoms with E-state index >= 15 is 0 Å². The average molecular weight is 323 g/mol. The number of aromatic nitrogens is 2. The van der Waals surface area contributed by atoms with Gasteiger partial charge in [-0.1, -0.05) is 37.3 Å². The highest BCUT2D eigenvalue weighted by Crippen LogP contribution is 2.27. The molecule has 0 radical (unpaired) electrons. The van der Waals surface area contributed by atoms with E-state index in [9.17, 15) is 0 Å². The Hall–Kier alpha value is -2.33. The summed E-state index contributed by atoms with van der Waals surface area (Å²) in [5.41, 5.74) is 1.22. The standard InChI is InChI=1S/C20H25N3O/c1-15(14-23-11-10-22-16(23)2)12-21-13-19-18-7-5-4-6-17(18)8-9-20(19)24-3/h4-11,15,21H,12-14H2,1-3H3. The lowest BCUT2D eigenvalue weighted by Crippen LogP contribution is -2.24. The van der Waals surface area contributed by atoms with Gasteiger partial charge in [0.2, 0.25) is 0 Å². The minimum Gasteiger partial charge on any atom is -0.496 e. The maximum Gasteiger partial charge on any atom is 0.123 e. The molecule has 0 amide bonds. The van der Waals surface area contributed by atoms with Crippen LogP contribution in [0.5, 0.6) is 5.75 Å². The smallest absolute Gasteiger partial charge is 0.123 e. The summed E-state index contributed by atoms with van der Waals surface area (Å²) in [4.78, 5) is 4.28. The van der Waals surface area contributed by atoms with E-state index in [0.29, 0.717) is 5.92 Å². The number of hydrogen-bond acceptors (Lipinski definition) is 3. The molecule has 0 aliphatic rings. The third kappa shape index (κ3) is 3.60. The molecule has 4 heteroatoms. The first kappa shape index (κ1) is 16.5. The number of imidazole rings is 1. The van der Waals surface area contributed by atoms with Gasteiger partial charge in [-0.3, -0.25) is 0 Å². The monoisotopic (exact) mass is 323 g/mol. The Bertz CT molecular complexity index is 810. The fourth-order valence-electron chi connectivity index (χ4n) is 3.13. The number of rotatable bonds is 7. The molecule has 3 aromatic rings. The zero-order valence-electron chi connectivity index (χ0n) is 14.6. The molecule has 1 aromatic heterocycles. The predicted octanol–water partition coefficient (Wildman–Crippen LogP) is 3.78. The van der Waals surface area contributed by atoms with Gasteiger partial charge in [0.15, 0.2) is 0 Å². The highest BCUT2D eigenvalue weighted by molar-refractivity contribution is 5.87. The molecule has 0 saturated carbocycles. The summed E-state index contributed by atoms with van der Waals surface area (Å²) < 4.78 is 7.76. The third-order valence-corrected chi connectivity index (χ3v) is 4.44. The first-order chi connectivity index (χ1) is 11.7. The molecular formula is C20H25N3O. The Morgan fingerprint density at radius 1 is 1.21 bits per heavy atom. The zero-order chi connectivity index (χ0) is 16.9. The first-order valence-corrected chi connectivity index (χ1v) is 8.42. The Balaban J connectivity index is 1.66. The third-order valence-electron chi connectivity index (χ3n) is 4.44. The highest BCUT2D eigenvalue weighted by atomic mass is 16.5. The van der Waals surface area contributed by atoms with Crippen LogP contribution in [0.2, 0.25) is 0 Å². The molecule has 126 valence electrons. The van der Waals surface area contributed by atoms with Crippen LogP contribution in [0.4, 0.5) is 0 Å². The summed E-state index contributed by atoms with van der Waals surface area (Å²) in [6, 6.07) is 12.6. The van der Waals surface area contributed by atoms with Crippen molar-refractivity contribution in [2.75, 3.05) is 13.7 Å². The van der Waals surface area contributed by atoms with Crippen LogP contribution >= 0.6 is 0 Å². The van der Waals surface area contributed by atoms with Crippen LogP contribution in [0.1, 0.15) is 18.3 Å². The van der Waals surface area contributed by atoms with E-state index in [1.54, 1.807) is 7.11 Å². The molecule has 1 N–H and O–H groups in total. The molecule has 1 atom stereocenters. The van der Waals surface area contributed by atoms with Gasteiger partial charge in [0.25, 0.3) is 0 Å². The molecule has 0 spiro atoms. The second-order valence-electron chi connectivity index (χ2n) is 6.33. The largest absolute Gasteiger partial charge is 0.496 e. The summed E-state index contributed by atoms with van der Waals surface area (Å²) >= 11 is 0. The molecule has 3 rings (SSSR count). The van der Waals surface area contributed by atoms with Crippen molar-refractivity contribution >= 4 is 10.8 Å². The molecule has 0 bridgehead atoms. The van der Waals surface area contributed by atoms with Crippen LogP contribution < -0.4 is 10.1 Å². The van der Waals surface area contributed by atoms with Crippen LogP contribution in [0.25, 0.3) is 10.8 Å². The van der Waals surface area contributed by atoms with Crippen molar-refractivity contribution < 1.29 is 4.74 Å². The van der Waals surface area contributed by atoms with E-state index in [-0.39, 0.29) is 0 Å². The van der Waals surface area contributed by atoms with Gasteiger partial charge in [0, 0.05) is 31.0 Å². The first-order valence-electron chi connectivity index (χ1n) is 8.42. The van der Waals surface area contributed by atoms with Crippen LogP contribution in [0, 0.1) is 12.8 Å². The normalized spacial score (nSPS) is 12.5. The van der Waals surface area contributed by atoms with Gasteiger partial charge >= 0.3 is 0 Å². The summed E-state index contributed by atoms with van der Waals surface area (Å²) in [5, 5.41) is 6.09. The van der Waals surface area contributed by atoms with Crippen molar-refractivity contribution in [1.29, 1.82) is 0 Å². The van der Waals surface area contributed by atoms with Gasteiger partial charge in [-0.25, -0.2) is 4.98 Å². The molecular weight excluding hydrogens is 298 g/mol. The Morgan fingerprint density at radius 3 is 2.79 bits per heavy atom. The summed E-state index contributed by atoms with van der Waals surface area (Å²) in [6.45, 7) is 7.03. The lowest BCUT2D eigenvalue weighted by atomic mass is 10.0. The molecule has 0 fully saturated rings.